The number of para-hydroxylation sites is 1. The number of benzene rings is 2. The molecular formula is C19H25NO. The Morgan fingerprint density at radius 3 is 2.67 bits per heavy atom. The molecule has 0 saturated carbocycles. The zero-order valence-corrected chi connectivity index (χ0v) is 13.1. The molecule has 0 saturated heterocycles. The molecule has 0 unspecified atom stereocenters. The van der Waals surface area contributed by atoms with E-state index in [1.807, 2.05) is 6.07 Å². The highest BCUT2D eigenvalue weighted by Gasteiger charge is 2.02. The van der Waals surface area contributed by atoms with Crippen molar-refractivity contribution >= 4 is 0 Å². The summed E-state index contributed by atoms with van der Waals surface area (Å²) in [6.45, 7) is 6.81. The molecule has 2 rings (SSSR count). The SMILES string of the molecule is CCCCOc1ccccc1CNCc1cccc(C)c1. The van der Waals surface area contributed by atoms with Crippen LogP contribution in [0.2, 0.25) is 0 Å². The van der Waals surface area contributed by atoms with Crippen LogP contribution >= 0.6 is 0 Å². The summed E-state index contributed by atoms with van der Waals surface area (Å²) in [6, 6.07) is 16.9. The van der Waals surface area contributed by atoms with Crippen LogP contribution in [0.25, 0.3) is 0 Å². The molecule has 0 aromatic heterocycles. The third kappa shape index (κ3) is 5.24. The van der Waals surface area contributed by atoms with Gasteiger partial charge in [-0.3, -0.25) is 0 Å². The second-order valence-electron chi connectivity index (χ2n) is 5.40. The predicted octanol–water partition coefficient (Wildman–Crippen LogP) is 4.46. The van der Waals surface area contributed by atoms with Crippen molar-refractivity contribution in [1.82, 2.24) is 5.32 Å². The van der Waals surface area contributed by atoms with E-state index in [0.717, 1.165) is 38.3 Å². The maximum Gasteiger partial charge on any atom is 0.123 e. The lowest BCUT2D eigenvalue weighted by molar-refractivity contribution is 0.305. The maximum absolute atomic E-state index is 5.86. The Bertz CT molecular complexity index is 551. The smallest absolute Gasteiger partial charge is 0.123 e. The summed E-state index contributed by atoms with van der Waals surface area (Å²) in [5.41, 5.74) is 3.85. The van der Waals surface area contributed by atoms with E-state index in [0.29, 0.717) is 0 Å². The molecule has 0 amide bonds. The Labute approximate surface area is 128 Å². The van der Waals surface area contributed by atoms with E-state index in [1.54, 1.807) is 0 Å². The zero-order chi connectivity index (χ0) is 14.9. The van der Waals surface area contributed by atoms with Crippen molar-refractivity contribution in [1.29, 1.82) is 0 Å². The molecule has 0 spiro atoms. The van der Waals surface area contributed by atoms with E-state index in [4.69, 9.17) is 4.74 Å². The molecule has 0 aliphatic carbocycles. The summed E-state index contributed by atoms with van der Waals surface area (Å²) in [7, 11) is 0. The van der Waals surface area contributed by atoms with Gasteiger partial charge in [-0.15, -0.1) is 0 Å². The van der Waals surface area contributed by atoms with Gasteiger partial charge in [0.15, 0.2) is 0 Å². The Kier molecular flexibility index (Phi) is 6.29. The van der Waals surface area contributed by atoms with Crippen molar-refractivity contribution < 1.29 is 4.74 Å². The van der Waals surface area contributed by atoms with Crippen LogP contribution in [0.3, 0.4) is 0 Å². The monoisotopic (exact) mass is 283 g/mol. The molecule has 1 N–H and O–H groups in total. The summed E-state index contributed by atoms with van der Waals surface area (Å²) in [6.07, 6.45) is 2.26. The predicted molar refractivity (Wildman–Crippen MR) is 88.6 cm³/mol. The lowest BCUT2D eigenvalue weighted by Crippen LogP contribution is -2.13. The minimum atomic E-state index is 0.797. The fourth-order valence-corrected chi connectivity index (χ4v) is 2.28. The molecule has 0 heterocycles. The van der Waals surface area contributed by atoms with E-state index in [9.17, 15) is 0 Å². The summed E-state index contributed by atoms with van der Waals surface area (Å²) in [4.78, 5) is 0. The highest BCUT2D eigenvalue weighted by Crippen LogP contribution is 2.18. The summed E-state index contributed by atoms with van der Waals surface area (Å²) in [5, 5.41) is 3.50. The summed E-state index contributed by atoms with van der Waals surface area (Å²) < 4.78 is 5.86. The van der Waals surface area contributed by atoms with E-state index in [2.05, 4.69) is 61.6 Å². The number of ether oxygens (including phenoxy) is 1. The fourth-order valence-electron chi connectivity index (χ4n) is 2.28. The molecule has 21 heavy (non-hydrogen) atoms. The lowest BCUT2D eigenvalue weighted by Gasteiger charge is -2.12. The van der Waals surface area contributed by atoms with Crippen LogP contribution < -0.4 is 10.1 Å². The van der Waals surface area contributed by atoms with Gasteiger partial charge in [0.2, 0.25) is 0 Å². The number of unbranched alkanes of at least 4 members (excludes halogenated alkanes) is 1. The van der Waals surface area contributed by atoms with Gasteiger partial charge in [0.25, 0.3) is 0 Å². The molecular weight excluding hydrogens is 258 g/mol. The normalized spacial score (nSPS) is 10.6. The number of aryl methyl sites for hydroxylation is 1. The molecule has 2 nitrogen and oxygen atoms in total. The summed E-state index contributed by atoms with van der Waals surface area (Å²) >= 11 is 0. The maximum atomic E-state index is 5.86. The average molecular weight is 283 g/mol. The second-order valence-corrected chi connectivity index (χ2v) is 5.40. The van der Waals surface area contributed by atoms with Gasteiger partial charge in [-0.25, -0.2) is 0 Å². The van der Waals surface area contributed by atoms with Gasteiger partial charge in [-0.2, -0.15) is 0 Å². The van der Waals surface area contributed by atoms with E-state index >= 15 is 0 Å². The summed E-state index contributed by atoms with van der Waals surface area (Å²) in [5.74, 6) is 1.00. The molecule has 112 valence electrons. The van der Waals surface area contributed by atoms with Crippen LogP contribution in [0.5, 0.6) is 5.75 Å². The Morgan fingerprint density at radius 2 is 1.86 bits per heavy atom. The molecule has 2 aromatic carbocycles. The third-order valence-electron chi connectivity index (χ3n) is 3.46. The van der Waals surface area contributed by atoms with Crippen molar-refractivity contribution in [2.24, 2.45) is 0 Å². The van der Waals surface area contributed by atoms with Crippen LogP contribution in [-0.4, -0.2) is 6.61 Å². The first-order valence-electron chi connectivity index (χ1n) is 7.76. The Hall–Kier alpha value is -1.80. The lowest BCUT2D eigenvalue weighted by atomic mass is 10.1. The van der Waals surface area contributed by atoms with E-state index < -0.39 is 0 Å². The van der Waals surface area contributed by atoms with Crippen LogP contribution in [0.15, 0.2) is 48.5 Å². The number of rotatable bonds is 8. The minimum absolute atomic E-state index is 0.797. The third-order valence-corrected chi connectivity index (χ3v) is 3.46. The van der Waals surface area contributed by atoms with Gasteiger partial charge >= 0.3 is 0 Å². The Morgan fingerprint density at radius 1 is 1.00 bits per heavy atom. The van der Waals surface area contributed by atoms with Crippen LogP contribution in [0.4, 0.5) is 0 Å². The fraction of sp³-hybridized carbons (Fsp3) is 0.368. The number of hydrogen-bond acceptors (Lipinski definition) is 2. The second kappa shape index (κ2) is 8.48. The topological polar surface area (TPSA) is 21.3 Å². The quantitative estimate of drug-likeness (QED) is 0.722. The van der Waals surface area contributed by atoms with Gasteiger partial charge in [0, 0.05) is 18.7 Å². The van der Waals surface area contributed by atoms with Gasteiger partial charge in [-0.05, 0) is 25.0 Å². The standard InChI is InChI=1S/C19H25NO/c1-3-4-12-21-19-11-6-5-10-18(19)15-20-14-17-9-7-8-16(2)13-17/h5-11,13,20H,3-4,12,14-15H2,1-2H3. The molecule has 0 bridgehead atoms. The molecule has 2 heteroatoms. The molecule has 0 radical (unpaired) electrons. The van der Waals surface area contributed by atoms with Crippen LogP contribution in [0.1, 0.15) is 36.5 Å². The molecule has 0 aliphatic heterocycles. The molecule has 0 fully saturated rings. The van der Waals surface area contributed by atoms with Gasteiger partial charge in [-0.1, -0.05) is 61.4 Å². The molecule has 2 aromatic rings. The highest BCUT2D eigenvalue weighted by molar-refractivity contribution is 5.33. The Balaban J connectivity index is 1.87. The van der Waals surface area contributed by atoms with Crippen molar-refractivity contribution in [2.45, 2.75) is 39.8 Å². The molecule has 0 atom stereocenters. The zero-order valence-electron chi connectivity index (χ0n) is 13.1. The van der Waals surface area contributed by atoms with Crippen molar-refractivity contribution in [3.63, 3.8) is 0 Å². The first kappa shape index (κ1) is 15.6. The van der Waals surface area contributed by atoms with Crippen LogP contribution in [0, 0.1) is 6.92 Å². The van der Waals surface area contributed by atoms with E-state index in [1.165, 1.54) is 16.7 Å². The van der Waals surface area contributed by atoms with Crippen molar-refractivity contribution in [3.05, 3.63) is 65.2 Å². The number of nitrogens with one attached hydrogen (secondary N) is 1. The minimum Gasteiger partial charge on any atom is -0.493 e. The van der Waals surface area contributed by atoms with Gasteiger partial charge in [0.1, 0.15) is 5.75 Å². The van der Waals surface area contributed by atoms with Gasteiger partial charge < -0.3 is 10.1 Å². The number of hydrogen-bond donors (Lipinski definition) is 1. The highest BCUT2D eigenvalue weighted by atomic mass is 16.5. The largest absolute Gasteiger partial charge is 0.493 e. The van der Waals surface area contributed by atoms with Crippen molar-refractivity contribution in [2.75, 3.05) is 6.61 Å². The average Bonchev–Trinajstić information content (AvgIpc) is 2.49. The van der Waals surface area contributed by atoms with E-state index in [-0.39, 0.29) is 0 Å². The van der Waals surface area contributed by atoms with Crippen LogP contribution in [-0.2, 0) is 13.1 Å². The first-order chi connectivity index (χ1) is 10.3. The first-order valence-corrected chi connectivity index (χ1v) is 7.76. The molecule has 0 aliphatic rings. The van der Waals surface area contributed by atoms with Gasteiger partial charge in [0.05, 0.1) is 6.61 Å². The van der Waals surface area contributed by atoms with Crippen molar-refractivity contribution in [3.8, 4) is 5.75 Å².